The molecule has 1 amide bonds. The molecule has 186 valence electrons. The van der Waals surface area contributed by atoms with E-state index in [9.17, 15) is 25.4 Å². The number of allylic oxidation sites excluding steroid dienone is 2. The molecule has 1 aliphatic rings. The molecule has 1 aliphatic heterocycles. The van der Waals surface area contributed by atoms with E-state index < -0.39 is 24.0 Å². The number of benzene rings is 1. The first-order valence-electron chi connectivity index (χ1n) is 12.1. The van der Waals surface area contributed by atoms with Crippen molar-refractivity contribution in [3.63, 3.8) is 0 Å². The molecule has 0 N–H and O–H groups in total. The summed E-state index contributed by atoms with van der Waals surface area (Å²) in [5, 5.41) is 28.5. The summed E-state index contributed by atoms with van der Waals surface area (Å²) in [7, 11) is 0. The number of hydrogen-bond acceptors (Lipinski definition) is 7. The van der Waals surface area contributed by atoms with Crippen LogP contribution < -0.4 is 4.90 Å². The smallest absolute Gasteiger partial charge is 0.326 e. The summed E-state index contributed by atoms with van der Waals surface area (Å²) < 4.78 is 4.92. The Morgan fingerprint density at radius 2 is 1.61 bits per heavy atom. The number of carbonyl (C=O) groups is 2. The summed E-state index contributed by atoms with van der Waals surface area (Å²) in [6, 6.07) is 13.3. The van der Waals surface area contributed by atoms with Crippen molar-refractivity contribution in [2.24, 2.45) is 0 Å². The minimum absolute atomic E-state index is 0.0105. The largest absolute Gasteiger partial charge is 0.465 e. The Hall–Kier alpha value is -4.35. The van der Waals surface area contributed by atoms with Crippen LogP contribution >= 0.6 is 0 Å². The van der Waals surface area contributed by atoms with Crippen LogP contribution in [0, 0.1) is 34.0 Å². The fourth-order valence-corrected chi connectivity index (χ4v) is 3.81. The Bertz CT molecular complexity index is 1150. The SMILES string of the molecule is CCCCN(CCCC)c1ccc(/C=C/C2=C(C#N)C(=C(C#N)C#N)N(CC(=O)OCC)C2=O)cc1. The lowest BCUT2D eigenvalue weighted by Gasteiger charge is -2.24. The third-order valence-corrected chi connectivity index (χ3v) is 5.68. The van der Waals surface area contributed by atoms with Gasteiger partial charge in [0.15, 0.2) is 5.57 Å². The molecule has 1 aromatic carbocycles. The van der Waals surface area contributed by atoms with E-state index in [1.165, 1.54) is 6.08 Å². The fraction of sp³-hybridized carbons (Fsp3) is 0.393. The molecule has 0 spiro atoms. The highest BCUT2D eigenvalue weighted by Crippen LogP contribution is 2.32. The van der Waals surface area contributed by atoms with E-state index in [4.69, 9.17) is 4.74 Å². The van der Waals surface area contributed by atoms with Gasteiger partial charge in [-0.05, 0) is 43.5 Å². The van der Waals surface area contributed by atoms with Crippen molar-refractivity contribution in [3.05, 3.63) is 58.3 Å². The number of esters is 1. The average molecular weight is 486 g/mol. The molecule has 0 bridgehead atoms. The van der Waals surface area contributed by atoms with E-state index in [1.807, 2.05) is 30.3 Å². The summed E-state index contributed by atoms with van der Waals surface area (Å²) >= 11 is 0. The number of ether oxygens (including phenoxy) is 1. The number of rotatable bonds is 12. The summed E-state index contributed by atoms with van der Waals surface area (Å²) in [6.07, 6.45) is 7.65. The molecule has 0 aliphatic carbocycles. The van der Waals surface area contributed by atoms with Gasteiger partial charge in [-0.3, -0.25) is 14.5 Å². The third-order valence-electron chi connectivity index (χ3n) is 5.68. The van der Waals surface area contributed by atoms with E-state index >= 15 is 0 Å². The minimum atomic E-state index is -0.701. The van der Waals surface area contributed by atoms with Gasteiger partial charge in [0.2, 0.25) is 0 Å². The molecule has 0 radical (unpaired) electrons. The lowest BCUT2D eigenvalue weighted by atomic mass is 10.1. The van der Waals surface area contributed by atoms with Gasteiger partial charge in [-0.15, -0.1) is 0 Å². The molecule has 0 atom stereocenters. The molecule has 0 saturated carbocycles. The molecular formula is C28H31N5O3. The topological polar surface area (TPSA) is 121 Å². The normalized spacial score (nSPS) is 12.9. The summed E-state index contributed by atoms with van der Waals surface area (Å²) in [6.45, 7) is 7.56. The Balaban J connectivity index is 2.38. The van der Waals surface area contributed by atoms with Gasteiger partial charge in [-0.2, -0.15) is 15.8 Å². The first kappa shape index (κ1) is 27.9. The molecule has 8 heteroatoms. The molecule has 1 aromatic rings. The fourth-order valence-electron chi connectivity index (χ4n) is 3.81. The third kappa shape index (κ3) is 6.84. The summed E-state index contributed by atoms with van der Waals surface area (Å²) in [5.74, 6) is -1.34. The Labute approximate surface area is 213 Å². The first-order chi connectivity index (χ1) is 17.4. The second-order valence-electron chi connectivity index (χ2n) is 8.16. The zero-order chi connectivity index (χ0) is 26.5. The molecule has 8 nitrogen and oxygen atoms in total. The molecule has 1 heterocycles. The van der Waals surface area contributed by atoms with Crippen LogP contribution in [-0.2, 0) is 14.3 Å². The van der Waals surface area contributed by atoms with Crippen molar-refractivity contribution in [1.82, 2.24) is 4.90 Å². The standard InChI is InChI=1S/C28H31N5O3/c1-4-7-15-32(16-8-5-2)23-12-9-21(10-13-23)11-14-24-25(19-31)27(22(17-29)18-30)33(28(24)35)20-26(34)36-6-3/h9-14H,4-8,15-16,20H2,1-3H3/b14-11+. The maximum Gasteiger partial charge on any atom is 0.326 e. The van der Waals surface area contributed by atoms with Crippen LogP contribution in [0.25, 0.3) is 6.08 Å². The van der Waals surface area contributed by atoms with E-state index in [1.54, 1.807) is 25.1 Å². The highest BCUT2D eigenvalue weighted by molar-refractivity contribution is 6.06. The predicted octanol–water partition coefficient (Wildman–Crippen LogP) is 4.63. The van der Waals surface area contributed by atoms with Crippen molar-refractivity contribution in [3.8, 4) is 18.2 Å². The predicted molar refractivity (Wildman–Crippen MR) is 137 cm³/mol. The molecular weight excluding hydrogens is 454 g/mol. The van der Waals surface area contributed by atoms with Crippen molar-refractivity contribution in [2.75, 3.05) is 31.1 Å². The van der Waals surface area contributed by atoms with Gasteiger partial charge in [0.05, 0.1) is 23.5 Å². The first-order valence-corrected chi connectivity index (χ1v) is 12.1. The van der Waals surface area contributed by atoms with E-state index in [0.717, 1.165) is 54.9 Å². The Morgan fingerprint density at radius 3 is 2.11 bits per heavy atom. The van der Waals surface area contributed by atoms with Gasteiger partial charge in [0.1, 0.15) is 24.8 Å². The maximum atomic E-state index is 13.1. The lowest BCUT2D eigenvalue weighted by molar-refractivity contribution is -0.146. The highest BCUT2D eigenvalue weighted by atomic mass is 16.5. The highest BCUT2D eigenvalue weighted by Gasteiger charge is 2.37. The van der Waals surface area contributed by atoms with Crippen LogP contribution in [0.4, 0.5) is 5.69 Å². The molecule has 36 heavy (non-hydrogen) atoms. The van der Waals surface area contributed by atoms with Crippen molar-refractivity contribution in [2.45, 2.75) is 46.5 Å². The van der Waals surface area contributed by atoms with E-state index in [-0.39, 0.29) is 23.5 Å². The lowest BCUT2D eigenvalue weighted by Crippen LogP contribution is -2.33. The number of hydrogen-bond donors (Lipinski definition) is 0. The number of amides is 1. The number of carbonyl (C=O) groups excluding carboxylic acids is 2. The van der Waals surface area contributed by atoms with Gasteiger partial charge in [0.25, 0.3) is 5.91 Å². The minimum Gasteiger partial charge on any atom is -0.465 e. The Kier molecular flexibility index (Phi) is 11.0. The second kappa shape index (κ2) is 14.1. The van der Waals surface area contributed by atoms with Crippen LogP contribution in [0.3, 0.4) is 0 Å². The monoisotopic (exact) mass is 485 g/mol. The molecule has 0 saturated heterocycles. The van der Waals surface area contributed by atoms with Crippen LogP contribution in [0.2, 0.25) is 0 Å². The zero-order valence-electron chi connectivity index (χ0n) is 21.1. The molecule has 0 fully saturated rings. The van der Waals surface area contributed by atoms with Crippen LogP contribution in [0.15, 0.2) is 52.8 Å². The van der Waals surface area contributed by atoms with Gasteiger partial charge in [-0.25, -0.2) is 0 Å². The number of nitriles is 3. The molecule has 0 unspecified atom stereocenters. The van der Waals surface area contributed by atoms with Gasteiger partial charge in [0, 0.05) is 18.8 Å². The average Bonchev–Trinajstić information content (AvgIpc) is 3.14. The number of anilines is 1. The van der Waals surface area contributed by atoms with Crippen LogP contribution in [0.5, 0.6) is 0 Å². The zero-order valence-corrected chi connectivity index (χ0v) is 21.1. The van der Waals surface area contributed by atoms with Gasteiger partial charge in [-0.1, -0.05) is 44.9 Å². The van der Waals surface area contributed by atoms with E-state index in [0.29, 0.717) is 0 Å². The van der Waals surface area contributed by atoms with Crippen molar-refractivity contribution < 1.29 is 14.3 Å². The van der Waals surface area contributed by atoms with Crippen molar-refractivity contribution in [1.29, 1.82) is 15.8 Å². The maximum absolute atomic E-state index is 13.1. The van der Waals surface area contributed by atoms with Crippen LogP contribution in [0.1, 0.15) is 52.0 Å². The quantitative estimate of drug-likeness (QED) is 0.312. The van der Waals surface area contributed by atoms with Gasteiger partial charge >= 0.3 is 5.97 Å². The molecule has 2 rings (SSSR count). The van der Waals surface area contributed by atoms with Gasteiger partial charge < -0.3 is 9.64 Å². The molecule has 0 aromatic heterocycles. The Morgan fingerprint density at radius 1 is 1.00 bits per heavy atom. The van der Waals surface area contributed by atoms with E-state index in [2.05, 4.69) is 18.7 Å². The second-order valence-corrected chi connectivity index (χ2v) is 8.16. The number of nitrogens with zero attached hydrogens (tertiary/aromatic N) is 5. The van der Waals surface area contributed by atoms with Crippen molar-refractivity contribution >= 4 is 23.6 Å². The summed E-state index contributed by atoms with van der Waals surface area (Å²) in [4.78, 5) is 28.5. The summed E-state index contributed by atoms with van der Waals surface area (Å²) in [5.41, 5.74) is 1.24. The number of unbranched alkanes of at least 4 members (excludes halogenated alkanes) is 2. The van der Waals surface area contributed by atoms with Crippen LogP contribution in [-0.4, -0.2) is 43.0 Å².